The van der Waals surface area contributed by atoms with Gasteiger partial charge in [-0.15, -0.1) is 0 Å². The molecule has 1 N–H and O–H groups in total. The van der Waals surface area contributed by atoms with Gasteiger partial charge in [-0.1, -0.05) is 12.1 Å². The summed E-state index contributed by atoms with van der Waals surface area (Å²) in [5, 5.41) is 7.44. The van der Waals surface area contributed by atoms with E-state index in [4.69, 9.17) is 4.74 Å². The summed E-state index contributed by atoms with van der Waals surface area (Å²) in [5.41, 5.74) is 3.80. The number of hydrogen-bond donors (Lipinski definition) is 1. The first-order valence-electron chi connectivity index (χ1n) is 10.1. The van der Waals surface area contributed by atoms with Crippen molar-refractivity contribution in [1.82, 2.24) is 25.1 Å². The summed E-state index contributed by atoms with van der Waals surface area (Å²) >= 11 is 0. The molecule has 1 aliphatic heterocycles. The average Bonchev–Trinajstić information content (AvgIpc) is 3.42. The predicted molar refractivity (Wildman–Crippen MR) is 115 cm³/mol. The number of nitrogens with zero attached hydrogens (tertiary/aromatic N) is 5. The van der Waals surface area contributed by atoms with Gasteiger partial charge in [0.05, 0.1) is 25.0 Å². The van der Waals surface area contributed by atoms with Crippen LogP contribution in [0.3, 0.4) is 0 Å². The minimum absolute atomic E-state index is 0.196. The van der Waals surface area contributed by atoms with Crippen molar-refractivity contribution in [2.75, 3.05) is 25.1 Å². The van der Waals surface area contributed by atoms with Crippen LogP contribution in [-0.4, -0.2) is 45.9 Å². The molecule has 1 amide bonds. The summed E-state index contributed by atoms with van der Waals surface area (Å²) in [6.07, 6.45) is 2.33. The lowest BCUT2D eigenvalue weighted by Crippen LogP contribution is -2.26. The van der Waals surface area contributed by atoms with Crippen LogP contribution in [0.5, 0.6) is 5.75 Å². The number of methoxy groups -OCH3 is 1. The third-order valence-electron chi connectivity index (χ3n) is 5.19. The second-order valence-electron chi connectivity index (χ2n) is 7.45. The molecule has 3 aromatic rings. The molecular weight excluding hydrogens is 380 g/mol. The molecule has 0 aliphatic carbocycles. The standard InChI is InChI=1S/C22H26N6O2/c1-15-11-17(25-22(24-15)28-9-4-5-10-28)14-23-21(29)20-13-19(26-27(20)2)16-7-6-8-18(12-16)30-3/h6-8,11-13H,4-5,9-10,14H2,1-3H3,(H,23,29). The van der Waals surface area contributed by atoms with Gasteiger partial charge in [-0.05, 0) is 44.0 Å². The number of aryl methyl sites for hydroxylation is 2. The molecule has 2 aromatic heterocycles. The zero-order valence-electron chi connectivity index (χ0n) is 17.6. The molecule has 8 heteroatoms. The van der Waals surface area contributed by atoms with E-state index in [1.807, 2.05) is 37.3 Å². The van der Waals surface area contributed by atoms with E-state index in [-0.39, 0.29) is 5.91 Å². The molecule has 1 fully saturated rings. The van der Waals surface area contributed by atoms with Crippen molar-refractivity contribution in [2.24, 2.45) is 7.05 Å². The molecule has 0 saturated carbocycles. The molecule has 1 saturated heterocycles. The molecule has 0 atom stereocenters. The van der Waals surface area contributed by atoms with Crippen LogP contribution >= 0.6 is 0 Å². The van der Waals surface area contributed by atoms with Gasteiger partial charge in [0, 0.05) is 31.4 Å². The van der Waals surface area contributed by atoms with Crippen molar-refractivity contribution in [3.8, 4) is 17.0 Å². The molecule has 0 spiro atoms. The van der Waals surface area contributed by atoms with E-state index >= 15 is 0 Å². The third kappa shape index (κ3) is 4.27. The van der Waals surface area contributed by atoms with Crippen molar-refractivity contribution in [1.29, 1.82) is 0 Å². The molecule has 156 valence electrons. The highest BCUT2D eigenvalue weighted by Gasteiger charge is 2.17. The molecule has 1 aromatic carbocycles. The smallest absolute Gasteiger partial charge is 0.269 e. The molecule has 0 bridgehead atoms. The molecule has 8 nitrogen and oxygen atoms in total. The minimum atomic E-state index is -0.196. The van der Waals surface area contributed by atoms with Crippen molar-refractivity contribution in [3.63, 3.8) is 0 Å². The molecule has 4 rings (SSSR count). The first-order valence-corrected chi connectivity index (χ1v) is 10.1. The van der Waals surface area contributed by atoms with Crippen LogP contribution in [0, 0.1) is 6.92 Å². The van der Waals surface area contributed by atoms with E-state index in [1.165, 1.54) is 12.8 Å². The fraction of sp³-hybridized carbons (Fsp3) is 0.364. The SMILES string of the molecule is COc1cccc(-c2cc(C(=O)NCc3cc(C)nc(N4CCCC4)n3)n(C)n2)c1. The van der Waals surface area contributed by atoms with E-state index in [9.17, 15) is 4.79 Å². The van der Waals surface area contributed by atoms with E-state index < -0.39 is 0 Å². The van der Waals surface area contributed by atoms with Gasteiger partial charge in [0.1, 0.15) is 11.4 Å². The Hall–Kier alpha value is -3.42. The maximum absolute atomic E-state index is 12.8. The first-order chi connectivity index (χ1) is 14.5. The molecule has 1 aliphatic rings. The lowest BCUT2D eigenvalue weighted by molar-refractivity contribution is 0.0941. The Balaban J connectivity index is 1.47. The Bertz CT molecular complexity index is 1060. The number of amides is 1. The predicted octanol–water partition coefficient (Wildman–Crippen LogP) is 2.72. The van der Waals surface area contributed by atoms with Crippen molar-refractivity contribution < 1.29 is 9.53 Å². The first kappa shape index (κ1) is 19.9. The summed E-state index contributed by atoms with van der Waals surface area (Å²) in [7, 11) is 3.39. The van der Waals surface area contributed by atoms with Crippen LogP contribution in [0.15, 0.2) is 36.4 Å². The van der Waals surface area contributed by atoms with E-state index in [0.717, 1.165) is 47.4 Å². The number of aromatic nitrogens is 4. The van der Waals surface area contributed by atoms with Gasteiger partial charge in [0.25, 0.3) is 5.91 Å². The molecule has 3 heterocycles. The highest BCUT2D eigenvalue weighted by Crippen LogP contribution is 2.23. The Morgan fingerprint density at radius 3 is 2.73 bits per heavy atom. The summed E-state index contributed by atoms with van der Waals surface area (Å²) < 4.78 is 6.86. The van der Waals surface area contributed by atoms with Gasteiger partial charge in [-0.3, -0.25) is 9.48 Å². The third-order valence-corrected chi connectivity index (χ3v) is 5.19. The summed E-state index contributed by atoms with van der Waals surface area (Å²) in [5.74, 6) is 1.30. The molecule has 30 heavy (non-hydrogen) atoms. The summed E-state index contributed by atoms with van der Waals surface area (Å²) in [6, 6.07) is 11.3. The van der Waals surface area contributed by atoms with Gasteiger partial charge in [0.2, 0.25) is 5.95 Å². The highest BCUT2D eigenvalue weighted by atomic mass is 16.5. The van der Waals surface area contributed by atoms with Crippen LogP contribution in [0.4, 0.5) is 5.95 Å². The van der Waals surface area contributed by atoms with Crippen LogP contribution in [-0.2, 0) is 13.6 Å². The van der Waals surface area contributed by atoms with Gasteiger partial charge in [-0.2, -0.15) is 5.10 Å². The zero-order chi connectivity index (χ0) is 21.1. The lowest BCUT2D eigenvalue weighted by atomic mass is 10.1. The average molecular weight is 406 g/mol. The Labute approximate surface area is 175 Å². The van der Waals surface area contributed by atoms with E-state index in [0.29, 0.717) is 12.2 Å². The number of hydrogen-bond acceptors (Lipinski definition) is 6. The van der Waals surface area contributed by atoms with Crippen LogP contribution in [0.25, 0.3) is 11.3 Å². The second-order valence-corrected chi connectivity index (χ2v) is 7.45. The van der Waals surface area contributed by atoms with Crippen LogP contribution in [0.1, 0.15) is 34.7 Å². The van der Waals surface area contributed by atoms with Crippen molar-refractivity contribution in [2.45, 2.75) is 26.3 Å². The summed E-state index contributed by atoms with van der Waals surface area (Å²) in [4.78, 5) is 24.2. The van der Waals surface area contributed by atoms with Crippen LogP contribution < -0.4 is 15.0 Å². The molecule has 0 unspecified atom stereocenters. The fourth-order valence-corrected chi connectivity index (χ4v) is 3.63. The van der Waals surface area contributed by atoms with Crippen LogP contribution in [0.2, 0.25) is 0 Å². The summed E-state index contributed by atoms with van der Waals surface area (Å²) in [6.45, 7) is 4.26. The second kappa shape index (κ2) is 8.52. The van der Waals surface area contributed by atoms with E-state index in [1.54, 1.807) is 24.9 Å². The number of benzene rings is 1. The van der Waals surface area contributed by atoms with Gasteiger partial charge in [-0.25, -0.2) is 9.97 Å². The number of ether oxygens (including phenoxy) is 1. The quantitative estimate of drug-likeness (QED) is 0.678. The van der Waals surface area contributed by atoms with Gasteiger partial charge in [0.15, 0.2) is 0 Å². The Morgan fingerprint density at radius 2 is 1.97 bits per heavy atom. The normalized spacial score (nSPS) is 13.5. The number of nitrogens with one attached hydrogen (secondary N) is 1. The topological polar surface area (TPSA) is 85.2 Å². The Morgan fingerprint density at radius 1 is 1.17 bits per heavy atom. The number of anilines is 1. The minimum Gasteiger partial charge on any atom is -0.497 e. The monoisotopic (exact) mass is 406 g/mol. The maximum Gasteiger partial charge on any atom is 0.269 e. The van der Waals surface area contributed by atoms with Gasteiger partial charge < -0.3 is 15.0 Å². The zero-order valence-corrected chi connectivity index (χ0v) is 17.6. The Kier molecular flexibility index (Phi) is 5.65. The number of carbonyl (C=O) groups excluding carboxylic acids is 1. The maximum atomic E-state index is 12.8. The molecular formula is C22H26N6O2. The van der Waals surface area contributed by atoms with Crippen molar-refractivity contribution in [3.05, 3.63) is 53.5 Å². The van der Waals surface area contributed by atoms with E-state index in [2.05, 4.69) is 25.3 Å². The van der Waals surface area contributed by atoms with Crippen molar-refractivity contribution >= 4 is 11.9 Å². The number of rotatable bonds is 6. The highest BCUT2D eigenvalue weighted by molar-refractivity contribution is 5.93. The number of carbonyl (C=O) groups is 1. The largest absolute Gasteiger partial charge is 0.497 e. The van der Waals surface area contributed by atoms with Gasteiger partial charge >= 0.3 is 0 Å². The fourth-order valence-electron chi connectivity index (χ4n) is 3.63. The molecule has 0 radical (unpaired) electrons. The lowest BCUT2D eigenvalue weighted by Gasteiger charge is -2.16.